The van der Waals surface area contributed by atoms with Gasteiger partial charge in [-0.3, -0.25) is 14.4 Å². The molecule has 0 bridgehead atoms. The molecule has 4 N–H and O–H groups in total. The molecular weight excluding hydrogens is 587 g/mol. The summed E-state index contributed by atoms with van der Waals surface area (Å²) in [5.74, 6) is -1.15. The number of halogens is 3. The molecule has 0 radical (unpaired) electrons. The number of hydrogen-bond acceptors (Lipinski definition) is 5. The quantitative estimate of drug-likeness (QED) is 0.346. The van der Waals surface area contributed by atoms with Gasteiger partial charge in [0.25, 0.3) is 0 Å². The molecule has 1 aliphatic rings. The van der Waals surface area contributed by atoms with E-state index < -0.39 is 41.7 Å². The molecule has 0 saturated heterocycles. The van der Waals surface area contributed by atoms with Crippen molar-refractivity contribution < 1.29 is 32.3 Å². The normalized spacial score (nSPS) is 21.0. The summed E-state index contributed by atoms with van der Waals surface area (Å²) in [6.45, 7) is 4.50. The third-order valence-corrected chi connectivity index (χ3v) is 7.60. The van der Waals surface area contributed by atoms with E-state index in [4.69, 9.17) is 4.74 Å². The van der Waals surface area contributed by atoms with E-state index in [2.05, 4.69) is 21.3 Å². The summed E-state index contributed by atoms with van der Waals surface area (Å²) in [5, 5.41) is 11.6. The molecule has 4 rings (SSSR count). The zero-order chi connectivity index (χ0) is 32.4. The van der Waals surface area contributed by atoms with Gasteiger partial charge in [0.2, 0.25) is 17.7 Å². The fourth-order valence-electron chi connectivity index (χ4n) is 5.17. The van der Waals surface area contributed by atoms with Crippen molar-refractivity contribution in [2.24, 2.45) is 5.92 Å². The fourth-order valence-corrected chi connectivity index (χ4v) is 5.17. The smallest absolute Gasteiger partial charge is 0.416 e. The predicted octanol–water partition coefficient (Wildman–Crippen LogP) is 3.47. The lowest BCUT2D eigenvalue weighted by molar-refractivity contribution is -0.137. The van der Waals surface area contributed by atoms with Crippen molar-refractivity contribution in [1.29, 1.82) is 0 Å². The predicted molar refractivity (Wildman–Crippen MR) is 163 cm³/mol. The molecule has 0 saturated carbocycles. The van der Waals surface area contributed by atoms with Crippen LogP contribution in [0.15, 0.2) is 73.1 Å². The van der Waals surface area contributed by atoms with Crippen LogP contribution in [0.5, 0.6) is 5.75 Å². The Labute approximate surface area is 260 Å². The molecule has 0 spiro atoms. The molecule has 45 heavy (non-hydrogen) atoms. The Morgan fingerprint density at radius 2 is 1.64 bits per heavy atom. The first-order valence-electron chi connectivity index (χ1n) is 15.1. The van der Waals surface area contributed by atoms with Gasteiger partial charge in [-0.05, 0) is 60.6 Å². The molecule has 3 amide bonds. The van der Waals surface area contributed by atoms with Crippen molar-refractivity contribution >= 4 is 17.7 Å². The standard InChI is InChI=1S/C33H40F3N5O4/c1-22(2)29-32(44)39-27(21-41-16-5-6-17-41)30(42)38-14-8-11-24-10-3-4-13-28(24)45-18-15-37-26(31(43)40-29)20-23-9-7-12-25(19-23)33(34,35)36/h3-7,9-10,12-13,16-17,19,22,26-27,29,37H,8,11,14-15,18,20-21H2,1-2H3,(H,38,42)(H,39,44)(H,40,43)/t26-,27+,29-/m1/s1. The lowest BCUT2D eigenvalue weighted by Gasteiger charge is -2.28. The number of fused-ring (bicyclic) bond motifs is 1. The lowest BCUT2D eigenvalue weighted by Crippen LogP contribution is -2.59. The van der Waals surface area contributed by atoms with E-state index in [-0.39, 0.29) is 37.9 Å². The second-order valence-electron chi connectivity index (χ2n) is 11.4. The van der Waals surface area contributed by atoms with Gasteiger partial charge in [0.1, 0.15) is 24.4 Å². The van der Waals surface area contributed by atoms with Crippen LogP contribution in [0.25, 0.3) is 0 Å². The number of aromatic nitrogens is 1. The lowest BCUT2D eigenvalue weighted by atomic mass is 9.99. The van der Waals surface area contributed by atoms with Gasteiger partial charge >= 0.3 is 6.18 Å². The highest BCUT2D eigenvalue weighted by molar-refractivity contribution is 5.93. The minimum atomic E-state index is -4.53. The molecule has 242 valence electrons. The van der Waals surface area contributed by atoms with E-state index >= 15 is 0 Å². The van der Waals surface area contributed by atoms with E-state index in [9.17, 15) is 27.6 Å². The minimum absolute atomic E-state index is 0.0581. The Balaban J connectivity index is 1.61. The molecule has 0 unspecified atom stereocenters. The highest BCUT2D eigenvalue weighted by atomic mass is 19.4. The second kappa shape index (κ2) is 15.6. The highest BCUT2D eigenvalue weighted by Gasteiger charge is 2.33. The van der Waals surface area contributed by atoms with Crippen LogP contribution in [0.3, 0.4) is 0 Å². The number of para-hydroxylation sites is 1. The maximum atomic E-state index is 13.7. The molecular formula is C33H40F3N5O4. The van der Waals surface area contributed by atoms with Gasteiger partial charge in [-0.2, -0.15) is 13.2 Å². The van der Waals surface area contributed by atoms with Crippen molar-refractivity contribution in [3.8, 4) is 5.75 Å². The van der Waals surface area contributed by atoms with Gasteiger partial charge in [-0.15, -0.1) is 0 Å². The zero-order valence-electron chi connectivity index (χ0n) is 25.4. The molecule has 0 aliphatic carbocycles. The van der Waals surface area contributed by atoms with Crippen LogP contribution in [0.2, 0.25) is 0 Å². The van der Waals surface area contributed by atoms with Gasteiger partial charge in [0.15, 0.2) is 0 Å². The number of benzene rings is 2. The van der Waals surface area contributed by atoms with Crippen LogP contribution in [-0.4, -0.2) is 60.1 Å². The molecule has 12 heteroatoms. The number of carbonyl (C=O) groups excluding carboxylic acids is 3. The summed E-state index contributed by atoms with van der Waals surface area (Å²) in [5.41, 5.74) is 0.440. The number of ether oxygens (including phenoxy) is 1. The first kappa shape index (κ1) is 33.6. The first-order valence-corrected chi connectivity index (χ1v) is 15.1. The molecule has 2 aromatic carbocycles. The number of amides is 3. The third kappa shape index (κ3) is 9.84. The molecule has 3 aromatic rings. The van der Waals surface area contributed by atoms with Gasteiger partial charge in [0.05, 0.1) is 18.2 Å². The zero-order valence-corrected chi connectivity index (χ0v) is 25.4. The Morgan fingerprint density at radius 1 is 0.889 bits per heavy atom. The van der Waals surface area contributed by atoms with Gasteiger partial charge in [-0.1, -0.05) is 50.2 Å². The molecule has 3 atom stereocenters. The molecule has 0 fully saturated rings. The maximum absolute atomic E-state index is 13.7. The van der Waals surface area contributed by atoms with Crippen molar-refractivity contribution in [2.75, 3.05) is 19.7 Å². The number of aryl methyl sites for hydroxylation is 1. The highest BCUT2D eigenvalue weighted by Crippen LogP contribution is 2.29. The van der Waals surface area contributed by atoms with E-state index in [0.29, 0.717) is 30.7 Å². The number of alkyl halides is 3. The van der Waals surface area contributed by atoms with Crippen LogP contribution in [0.1, 0.15) is 37.0 Å². The Morgan fingerprint density at radius 3 is 2.38 bits per heavy atom. The molecule has 1 aromatic heterocycles. The molecule has 1 aliphatic heterocycles. The van der Waals surface area contributed by atoms with Crippen molar-refractivity contribution in [3.05, 3.63) is 89.7 Å². The Hall–Kier alpha value is -4.32. The molecule has 9 nitrogen and oxygen atoms in total. The summed E-state index contributed by atoms with van der Waals surface area (Å²) in [7, 11) is 0. The number of nitrogens with one attached hydrogen (secondary N) is 4. The number of nitrogens with zero attached hydrogens (tertiary/aromatic N) is 1. The van der Waals surface area contributed by atoms with Crippen molar-refractivity contribution in [3.63, 3.8) is 0 Å². The minimum Gasteiger partial charge on any atom is -0.492 e. The monoisotopic (exact) mass is 627 g/mol. The van der Waals surface area contributed by atoms with E-state index in [0.717, 1.165) is 17.7 Å². The fraction of sp³-hybridized carbons (Fsp3) is 0.424. The summed E-state index contributed by atoms with van der Waals surface area (Å²) in [6.07, 6.45) is 0.251. The third-order valence-electron chi connectivity index (χ3n) is 7.60. The topological polar surface area (TPSA) is 113 Å². The summed E-state index contributed by atoms with van der Waals surface area (Å²) in [6, 6.07) is 13.1. The largest absolute Gasteiger partial charge is 0.492 e. The van der Waals surface area contributed by atoms with Crippen LogP contribution >= 0.6 is 0 Å². The number of carbonyl (C=O) groups is 3. The van der Waals surface area contributed by atoms with Crippen LogP contribution in [-0.2, 0) is 39.9 Å². The summed E-state index contributed by atoms with van der Waals surface area (Å²) >= 11 is 0. The van der Waals surface area contributed by atoms with Gasteiger partial charge in [0, 0.05) is 25.5 Å². The van der Waals surface area contributed by atoms with Crippen LogP contribution < -0.4 is 26.0 Å². The second-order valence-corrected chi connectivity index (χ2v) is 11.4. The van der Waals surface area contributed by atoms with Crippen molar-refractivity contribution in [1.82, 2.24) is 25.8 Å². The molecule has 2 heterocycles. The van der Waals surface area contributed by atoms with Gasteiger partial charge in [-0.25, -0.2) is 0 Å². The maximum Gasteiger partial charge on any atom is 0.416 e. The summed E-state index contributed by atoms with van der Waals surface area (Å²) < 4.78 is 48.0. The number of hydrogen-bond donors (Lipinski definition) is 4. The van der Waals surface area contributed by atoms with Crippen LogP contribution in [0.4, 0.5) is 13.2 Å². The Bertz CT molecular complexity index is 1430. The Kier molecular flexibility index (Phi) is 11.6. The average Bonchev–Trinajstić information content (AvgIpc) is 3.52. The average molecular weight is 628 g/mol. The van der Waals surface area contributed by atoms with Crippen molar-refractivity contribution in [2.45, 2.75) is 64.0 Å². The number of rotatable bonds is 5. The van der Waals surface area contributed by atoms with E-state index in [1.807, 2.05) is 36.4 Å². The summed E-state index contributed by atoms with van der Waals surface area (Å²) in [4.78, 5) is 40.5. The SMILES string of the molecule is CC(C)[C@H]1NC(=O)[C@@H](Cc2cccc(C(F)(F)F)c2)NCCOc2ccccc2CCCNC(=O)[C@H](Cn2cccc2)NC1=O. The van der Waals surface area contributed by atoms with E-state index in [1.54, 1.807) is 30.8 Å². The van der Waals surface area contributed by atoms with E-state index in [1.165, 1.54) is 12.1 Å². The van der Waals surface area contributed by atoms with Gasteiger partial charge < -0.3 is 30.6 Å². The van der Waals surface area contributed by atoms with Crippen LogP contribution in [0, 0.1) is 5.92 Å². The first-order chi connectivity index (χ1) is 21.5.